The molecular weight excluding hydrogens is 215 g/mol. The monoisotopic (exact) mass is 228 g/mol. The quantitative estimate of drug-likeness (QED) is 0.711. The maximum Gasteiger partial charge on any atom is 0.165 e. The molecule has 0 saturated carbocycles. The zero-order valence-electron chi connectivity index (χ0n) is 8.89. The van der Waals surface area contributed by atoms with Gasteiger partial charge in [0.25, 0.3) is 0 Å². The summed E-state index contributed by atoms with van der Waals surface area (Å²) in [6.45, 7) is 1.94. The molecule has 0 aliphatic heterocycles. The average molecular weight is 229 g/mol. The molecule has 15 heavy (non-hydrogen) atoms. The van der Waals surface area contributed by atoms with Crippen LogP contribution in [0, 0.1) is 5.82 Å². The first-order valence-corrected chi connectivity index (χ1v) is 5.29. The van der Waals surface area contributed by atoms with Crippen LogP contribution in [-0.2, 0) is 0 Å². The van der Waals surface area contributed by atoms with Crippen molar-refractivity contribution in [2.24, 2.45) is 0 Å². The van der Waals surface area contributed by atoms with Crippen molar-refractivity contribution >= 4 is 17.2 Å². The molecule has 1 aromatic carbocycles. The van der Waals surface area contributed by atoms with Crippen molar-refractivity contribution in [1.82, 2.24) is 0 Å². The molecule has 1 aromatic rings. The van der Waals surface area contributed by atoms with Crippen LogP contribution in [-0.4, -0.2) is 13.0 Å². The van der Waals surface area contributed by atoms with E-state index in [0.29, 0.717) is 5.88 Å². The van der Waals surface area contributed by atoms with Gasteiger partial charge in [0.15, 0.2) is 11.6 Å². The number of hydrogen-bond donors (Lipinski definition) is 0. The van der Waals surface area contributed by atoms with Gasteiger partial charge in [0.05, 0.1) is 7.11 Å². The molecule has 0 saturated heterocycles. The molecule has 0 aromatic heterocycles. The first-order valence-electron chi connectivity index (χ1n) is 4.75. The van der Waals surface area contributed by atoms with E-state index < -0.39 is 0 Å². The van der Waals surface area contributed by atoms with Crippen molar-refractivity contribution in [3.05, 3.63) is 35.7 Å². The average Bonchev–Trinajstić information content (AvgIpc) is 2.25. The summed E-state index contributed by atoms with van der Waals surface area (Å²) in [6, 6.07) is 4.93. The van der Waals surface area contributed by atoms with E-state index in [0.717, 1.165) is 17.6 Å². The highest BCUT2D eigenvalue weighted by molar-refractivity contribution is 6.17. The van der Waals surface area contributed by atoms with Gasteiger partial charge in [-0.25, -0.2) is 4.39 Å². The minimum atomic E-state index is -0.339. The fourth-order valence-corrected chi connectivity index (χ4v) is 1.41. The minimum Gasteiger partial charge on any atom is -0.494 e. The van der Waals surface area contributed by atoms with E-state index in [-0.39, 0.29) is 11.6 Å². The van der Waals surface area contributed by atoms with Gasteiger partial charge in [-0.15, -0.1) is 11.6 Å². The van der Waals surface area contributed by atoms with E-state index in [1.165, 1.54) is 13.2 Å². The highest BCUT2D eigenvalue weighted by Gasteiger charge is 2.03. The van der Waals surface area contributed by atoms with E-state index in [9.17, 15) is 4.39 Å². The summed E-state index contributed by atoms with van der Waals surface area (Å²) < 4.78 is 18.2. The molecule has 0 aliphatic rings. The molecule has 0 aliphatic carbocycles. The van der Waals surface area contributed by atoms with E-state index in [4.69, 9.17) is 16.3 Å². The summed E-state index contributed by atoms with van der Waals surface area (Å²) in [6.07, 6.45) is 2.79. The smallest absolute Gasteiger partial charge is 0.165 e. The van der Waals surface area contributed by atoms with Crippen molar-refractivity contribution in [2.45, 2.75) is 13.3 Å². The summed E-state index contributed by atoms with van der Waals surface area (Å²) in [5.74, 6) is 0.508. The van der Waals surface area contributed by atoms with Crippen LogP contribution in [0.15, 0.2) is 24.3 Å². The molecule has 0 heterocycles. The molecule has 0 unspecified atom stereocenters. The third kappa shape index (κ3) is 3.24. The Labute approximate surface area is 94.5 Å². The molecule has 0 spiro atoms. The van der Waals surface area contributed by atoms with Crippen LogP contribution in [0.25, 0.3) is 5.57 Å². The topological polar surface area (TPSA) is 9.23 Å². The highest BCUT2D eigenvalue weighted by Crippen LogP contribution is 2.22. The van der Waals surface area contributed by atoms with Gasteiger partial charge < -0.3 is 4.74 Å². The highest BCUT2D eigenvalue weighted by atomic mass is 35.5. The number of benzene rings is 1. The first kappa shape index (κ1) is 12.1. The Morgan fingerprint density at radius 1 is 1.53 bits per heavy atom. The van der Waals surface area contributed by atoms with Crippen molar-refractivity contribution in [3.63, 3.8) is 0 Å². The summed E-state index contributed by atoms with van der Waals surface area (Å²) >= 11 is 5.57. The Bertz CT molecular complexity index is 361. The number of ether oxygens (including phenoxy) is 1. The zero-order chi connectivity index (χ0) is 11.3. The molecule has 0 N–H and O–H groups in total. The summed E-state index contributed by atoms with van der Waals surface area (Å²) in [4.78, 5) is 0. The Morgan fingerprint density at radius 2 is 2.27 bits per heavy atom. The minimum absolute atomic E-state index is 0.267. The molecule has 0 atom stereocenters. The molecule has 1 nitrogen and oxygen atoms in total. The van der Waals surface area contributed by atoms with Crippen LogP contribution in [0.5, 0.6) is 5.75 Å². The fraction of sp³-hybridized carbons (Fsp3) is 0.333. The van der Waals surface area contributed by atoms with Crippen LogP contribution in [0.1, 0.15) is 18.9 Å². The third-order valence-corrected chi connectivity index (χ3v) is 2.38. The van der Waals surface area contributed by atoms with Crippen molar-refractivity contribution in [2.75, 3.05) is 13.0 Å². The Balaban J connectivity index is 2.92. The zero-order valence-corrected chi connectivity index (χ0v) is 9.64. The number of hydrogen-bond acceptors (Lipinski definition) is 1. The van der Waals surface area contributed by atoms with Gasteiger partial charge in [-0.1, -0.05) is 12.1 Å². The van der Waals surface area contributed by atoms with Crippen LogP contribution >= 0.6 is 11.6 Å². The normalized spacial score (nSPS) is 11.6. The molecule has 0 amide bonds. The fourth-order valence-electron chi connectivity index (χ4n) is 1.30. The van der Waals surface area contributed by atoms with Crippen LogP contribution in [0.4, 0.5) is 4.39 Å². The molecular formula is C12H14ClFO. The second kappa shape index (κ2) is 5.76. The van der Waals surface area contributed by atoms with Crippen LogP contribution in [0.2, 0.25) is 0 Å². The van der Waals surface area contributed by atoms with E-state index in [1.54, 1.807) is 6.07 Å². The van der Waals surface area contributed by atoms with Crippen LogP contribution < -0.4 is 4.74 Å². The maximum absolute atomic E-state index is 13.4. The Hall–Kier alpha value is -1.02. The maximum atomic E-state index is 13.4. The number of allylic oxidation sites excluding steroid dienone is 2. The van der Waals surface area contributed by atoms with Crippen molar-refractivity contribution < 1.29 is 9.13 Å². The largest absolute Gasteiger partial charge is 0.494 e. The first-order chi connectivity index (χ1) is 7.19. The predicted molar refractivity (Wildman–Crippen MR) is 61.9 cm³/mol. The van der Waals surface area contributed by atoms with Crippen molar-refractivity contribution in [1.29, 1.82) is 0 Å². The van der Waals surface area contributed by atoms with E-state index in [1.807, 2.05) is 19.1 Å². The Kier molecular flexibility index (Phi) is 4.63. The summed E-state index contributed by atoms with van der Waals surface area (Å²) in [5.41, 5.74) is 1.88. The van der Waals surface area contributed by atoms with E-state index in [2.05, 4.69) is 0 Å². The Morgan fingerprint density at radius 3 is 2.80 bits per heavy atom. The molecule has 1 rings (SSSR count). The van der Waals surface area contributed by atoms with Gasteiger partial charge in [0, 0.05) is 5.88 Å². The van der Waals surface area contributed by atoms with E-state index >= 15 is 0 Å². The lowest BCUT2D eigenvalue weighted by Gasteiger charge is -2.05. The van der Waals surface area contributed by atoms with Gasteiger partial charge in [-0.05, 0) is 36.6 Å². The van der Waals surface area contributed by atoms with Gasteiger partial charge in [0.2, 0.25) is 0 Å². The van der Waals surface area contributed by atoms with Gasteiger partial charge in [0.1, 0.15) is 0 Å². The lowest BCUT2D eigenvalue weighted by Crippen LogP contribution is -1.89. The number of rotatable bonds is 4. The van der Waals surface area contributed by atoms with Crippen LogP contribution in [0.3, 0.4) is 0 Å². The number of alkyl halides is 1. The lowest BCUT2D eigenvalue weighted by atomic mass is 10.1. The van der Waals surface area contributed by atoms with Crippen molar-refractivity contribution in [3.8, 4) is 5.75 Å². The predicted octanol–water partition coefficient (Wildman–Crippen LogP) is 3.87. The van der Waals surface area contributed by atoms with Gasteiger partial charge >= 0.3 is 0 Å². The van der Waals surface area contributed by atoms with Gasteiger partial charge in [-0.3, -0.25) is 0 Å². The lowest BCUT2D eigenvalue weighted by molar-refractivity contribution is 0.386. The summed E-state index contributed by atoms with van der Waals surface area (Å²) in [5, 5.41) is 0. The standard InChI is InChI=1S/C12H14ClFO/c1-9(4-3-7-13)10-5-6-12(15-2)11(14)8-10/h4-6,8H,3,7H2,1-2H3. The number of methoxy groups -OCH3 is 1. The summed E-state index contributed by atoms with van der Waals surface area (Å²) in [7, 11) is 1.45. The molecule has 0 radical (unpaired) electrons. The molecule has 3 heteroatoms. The van der Waals surface area contributed by atoms with Gasteiger partial charge in [-0.2, -0.15) is 0 Å². The SMILES string of the molecule is COc1ccc(C(C)=CCCCl)cc1F. The number of halogens is 2. The molecule has 0 bridgehead atoms. The molecule has 0 fully saturated rings. The second-order valence-corrected chi connectivity index (χ2v) is 3.59. The second-order valence-electron chi connectivity index (χ2n) is 3.21. The molecule has 82 valence electrons. The third-order valence-electron chi connectivity index (χ3n) is 2.17.